The minimum Gasteiger partial charge on any atom is -0.492 e. The Hall–Kier alpha value is -4.02. The second-order valence-electron chi connectivity index (χ2n) is 12.4. The van der Waals surface area contributed by atoms with Crippen LogP contribution in [0.1, 0.15) is 58.8 Å². The average molecular weight is 568 g/mol. The lowest BCUT2D eigenvalue weighted by Gasteiger charge is -2.38. The van der Waals surface area contributed by atoms with Crippen molar-refractivity contribution in [2.45, 2.75) is 56.3 Å². The summed E-state index contributed by atoms with van der Waals surface area (Å²) >= 11 is 0. The molecule has 3 aromatic rings. The summed E-state index contributed by atoms with van der Waals surface area (Å²) in [5, 5.41) is 6.92. The fraction of sp³-hybridized carbons (Fsp3) is 0.438. The summed E-state index contributed by atoms with van der Waals surface area (Å²) in [5.41, 5.74) is 6.28. The van der Waals surface area contributed by atoms with Crippen LogP contribution in [0.2, 0.25) is 0 Å². The SMILES string of the molecule is O=C1CCC(N2Cc3cc4c(cc3C2=O)OCC42CCN(Cc3cccc(-c4cnn(C5COC5)c4)c3)CC2)C(=O)N1. The number of hydrogen-bond donors (Lipinski definition) is 1. The predicted octanol–water partition coefficient (Wildman–Crippen LogP) is 2.81. The predicted molar refractivity (Wildman–Crippen MR) is 152 cm³/mol. The van der Waals surface area contributed by atoms with E-state index in [1.807, 2.05) is 16.9 Å². The van der Waals surface area contributed by atoms with E-state index in [1.165, 1.54) is 16.7 Å². The monoisotopic (exact) mass is 567 g/mol. The number of nitrogens with one attached hydrogen (secondary N) is 1. The van der Waals surface area contributed by atoms with Crippen molar-refractivity contribution in [1.82, 2.24) is 24.9 Å². The lowest BCUT2D eigenvalue weighted by molar-refractivity contribution is -0.136. The van der Waals surface area contributed by atoms with Gasteiger partial charge in [-0.3, -0.25) is 29.3 Å². The highest BCUT2D eigenvalue weighted by atomic mass is 16.5. The second kappa shape index (κ2) is 9.78. The molecule has 1 spiro atoms. The third-order valence-electron chi connectivity index (χ3n) is 9.77. The molecule has 10 heteroatoms. The van der Waals surface area contributed by atoms with Gasteiger partial charge in [0, 0.05) is 47.8 Å². The van der Waals surface area contributed by atoms with Crippen molar-refractivity contribution >= 4 is 17.7 Å². The molecule has 5 aliphatic rings. The molecular formula is C32H33N5O5. The first-order chi connectivity index (χ1) is 20.5. The number of carbonyl (C=O) groups is 3. The molecule has 1 N–H and O–H groups in total. The van der Waals surface area contributed by atoms with Crippen LogP contribution in [-0.2, 0) is 32.8 Å². The highest BCUT2D eigenvalue weighted by molar-refractivity contribution is 6.05. The van der Waals surface area contributed by atoms with Crippen LogP contribution >= 0.6 is 0 Å². The number of imide groups is 1. The molecule has 1 atom stereocenters. The van der Waals surface area contributed by atoms with Crippen molar-refractivity contribution in [2.24, 2.45) is 0 Å². The summed E-state index contributed by atoms with van der Waals surface area (Å²) in [7, 11) is 0. The van der Waals surface area contributed by atoms with E-state index in [0.29, 0.717) is 31.2 Å². The lowest BCUT2D eigenvalue weighted by Crippen LogP contribution is -2.52. The van der Waals surface area contributed by atoms with Gasteiger partial charge in [0.15, 0.2) is 0 Å². The Bertz CT molecular complexity index is 1600. The third kappa shape index (κ3) is 4.23. The molecule has 0 radical (unpaired) electrons. The van der Waals surface area contributed by atoms with E-state index in [1.54, 1.807) is 4.90 Å². The molecule has 10 nitrogen and oxygen atoms in total. The molecule has 3 saturated heterocycles. The molecule has 2 aromatic carbocycles. The van der Waals surface area contributed by atoms with Crippen molar-refractivity contribution in [3.63, 3.8) is 0 Å². The topological polar surface area (TPSA) is 106 Å². The van der Waals surface area contributed by atoms with Gasteiger partial charge >= 0.3 is 0 Å². The van der Waals surface area contributed by atoms with Crippen molar-refractivity contribution in [1.29, 1.82) is 0 Å². The smallest absolute Gasteiger partial charge is 0.255 e. The van der Waals surface area contributed by atoms with Crippen molar-refractivity contribution in [3.05, 3.63) is 71.0 Å². The summed E-state index contributed by atoms with van der Waals surface area (Å²) in [6.45, 7) is 5.30. The maximum absolute atomic E-state index is 13.3. The molecule has 216 valence electrons. The Morgan fingerprint density at radius 3 is 2.69 bits per heavy atom. The number of carbonyl (C=O) groups excluding carboxylic acids is 3. The van der Waals surface area contributed by atoms with Crippen molar-refractivity contribution < 1.29 is 23.9 Å². The van der Waals surface area contributed by atoms with E-state index >= 15 is 0 Å². The summed E-state index contributed by atoms with van der Waals surface area (Å²) < 4.78 is 13.5. The summed E-state index contributed by atoms with van der Waals surface area (Å²) in [5.74, 6) is -0.0268. The van der Waals surface area contributed by atoms with E-state index in [4.69, 9.17) is 9.47 Å². The quantitative estimate of drug-likeness (QED) is 0.473. The van der Waals surface area contributed by atoms with Gasteiger partial charge in [-0.15, -0.1) is 0 Å². The molecular weight excluding hydrogens is 534 g/mol. The van der Waals surface area contributed by atoms with E-state index in [9.17, 15) is 14.4 Å². The number of piperidine rings is 2. The Morgan fingerprint density at radius 1 is 1.05 bits per heavy atom. The van der Waals surface area contributed by atoms with E-state index in [2.05, 4.69) is 51.8 Å². The van der Waals surface area contributed by atoms with Crippen molar-refractivity contribution in [3.8, 4) is 16.9 Å². The van der Waals surface area contributed by atoms with Crippen LogP contribution < -0.4 is 10.1 Å². The fourth-order valence-electron chi connectivity index (χ4n) is 7.15. The molecule has 42 heavy (non-hydrogen) atoms. The number of aromatic nitrogens is 2. The molecule has 0 saturated carbocycles. The molecule has 6 heterocycles. The minimum atomic E-state index is -0.609. The number of nitrogens with zero attached hydrogens (tertiary/aromatic N) is 4. The van der Waals surface area contributed by atoms with Crippen LogP contribution in [0.15, 0.2) is 48.8 Å². The lowest BCUT2D eigenvalue weighted by atomic mass is 9.74. The van der Waals surface area contributed by atoms with Crippen LogP contribution in [0, 0.1) is 0 Å². The first-order valence-corrected chi connectivity index (χ1v) is 14.8. The highest BCUT2D eigenvalue weighted by Crippen LogP contribution is 2.48. The Balaban J connectivity index is 0.946. The van der Waals surface area contributed by atoms with Gasteiger partial charge in [0.1, 0.15) is 11.8 Å². The maximum Gasteiger partial charge on any atom is 0.255 e. The zero-order valence-electron chi connectivity index (χ0n) is 23.4. The first-order valence-electron chi connectivity index (χ1n) is 14.8. The number of rotatable bonds is 5. The molecule has 5 aliphatic heterocycles. The normalized spacial score (nSPS) is 23.5. The Kier molecular flexibility index (Phi) is 5.98. The number of likely N-dealkylation sites (tertiary alicyclic amines) is 1. The second-order valence-corrected chi connectivity index (χ2v) is 12.4. The maximum atomic E-state index is 13.3. The van der Waals surface area contributed by atoms with Gasteiger partial charge in [-0.25, -0.2) is 0 Å². The number of fused-ring (bicyclic) bond motifs is 3. The van der Waals surface area contributed by atoms with Crippen LogP contribution in [-0.4, -0.2) is 76.3 Å². The van der Waals surface area contributed by atoms with Gasteiger partial charge < -0.3 is 14.4 Å². The van der Waals surface area contributed by atoms with Gasteiger partial charge in [0.25, 0.3) is 5.91 Å². The molecule has 1 unspecified atom stereocenters. The van der Waals surface area contributed by atoms with E-state index < -0.39 is 6.04 Å². The summed E-state index contributed by atoms with van der Waals surface area (Å²) in [4.78, 5) is 41.5. The fourth-order valence-corrected chi connectivity index (χ4v) is 7.15. The number of benzene rings is 2. The molecule has 8 rings (SSSR count). The number of amides is 3. The van der Waals surface area contributed by atoms with E-state index in [0.717, 1.165) is 62.6 Å². The molecule has 0 aliphatic carbocycles. The summed E-state index contributed by atoms with van der Waals surface area (Å²) in [6, 6.07) is 12.5. The molecule has 3 fully saturated rings. The van der Waals surface area contributed by atoms with Gasteiger partial charge in [-0.2, -0.15) is 5.10 Å². The average Bonchev–Trinajstić information content (AvgIpc) is 3.66. The van der Waals surface area contributed by atoms with Crippen molar-refractivity contribution in [2.75, 3.05) is 32.9 Å². The molecule has 0 bridgehead atoms. The van der Waals surface area contributed by atoms with Crippen LogP contribution in [0.3, 0.4) is 0 Å². The number of hydrogen-bond acceptors (Lipinski definition) is 7. The minimum absolute atomic E-state index is 0.0619. The molecule has 1 aromatic heterocycles. The van der Waals surface area contributed by atoms with Gasteiger partial charge in [-0.05, 0) is 67.2 Å². The van der Waals surface area contributed by atoms with Gasteiger partial charge in [0.05, 0.1) is 32.1 Å². The van der Waals surface area contributed by atoms with Crippen LogP contribution in [0.25, 0.3) is 11.1 Å². The summed E-state index contributed by atoms with van der Waals surface area (Å²) in [6.07, 6.45) is 6.64. The highest BCUT2D eigenvalue weighted by Gasteiger charge is 2.46. The van der Waals surface area contributed by atoms with Crippen LogP contribution in [0.4, 0.5) is 0 Å². The Morgan fingerprint density at radius 2 is 1.90 bits per heavy atom. The van der Waals surface area contributed by atoms with E-state index in [-0.39, 0.29) is 29.6 Å². The first kappa shape index (κ1) is 25.7. The zero-order chi connectivity index (χ0) is 28.4. The standard InChI is InChI=1S/C32H33N5O5/c38-29-5-4-27(30(39)34-29)36-15-22-11-26-28(12-25(22)31(36)40)42-19-32(26)6-8-35(9-7-32)14-20-2-1-3-21(10-20)23-13-33-37(16-23)24-17-41-18-24/h1-3,10-13,16,24,27H,4-9,14-15,17-19H2,(H,34,38,39). The van der Waals surface area contributed by atoms with Gasteiger partial charge in [0.2, 0.25) is 11.8 Å². The largest absolute Gasteiger partial charge is 0.492 e. The van der Waals surface area contributed by atoms with Gasteiger partial charge in [-0.1, -0.05) is 18.2 Å². The Labute approximate surface area is 243 Å². The third-order valence-corrected chi connectivity index (χ3v) is 9.77. The number of ether oxygens (including phenoxy) is 2. The zero-order valence-corrected chi connectivity index (χ0v) is 23.4. The molecule has 3 amide bonds. The van der Waals surface area contributed by atoms with Crippen LogP contribution in [0.5, 0.6) is 5.75 Å².